The molecule has 2 rings (SSSR count). The van der Waals surface area contributed by atoms with Gasteiger partial charge in [-0.3, -0.25) is 0 Å². The van der Waals surface area contributed by atoms with Crippen molar-refractivity contribution in [1.82, 2.24) is 14.3 Å². The van der Waals surface area contributed by atoms with Gasteiger partial charge in [0.2, 0.25) is 5.16 Å². The number of halogens is 1. The average Bonchev–Trinajstić information content (AvgIpc) is 2.77. The van der Waals surface area contributed by atoms with Crippen LogP contribution in [0.5, 0.6) is 0 Å². The van der Waals surface area contributed by atoms with Crippen LogP contribution in [0, 0.1) is 5.92 Å². The summed E-state index contributed by atoms with van der Waals surface area (Å²) in [7, 11) is -3.48. The molecule has 7 heteroatoms. The number of hydrogen-bond donors (Lipinski definition) is 1. The molecule has 1 saturated heterocycles. The highest BCUT2D eigenvalue weighted by Gasteiger charge is 2.37. The summed E-state index contributed by atoms with van der Waals surface area (Å²) in [6.45, 7) is 2.75. The summed E-state index contributed by atoms with van der Waals surface area (Å²) in [6, 6.07) is 0. The first-order chi connectivity index (χ1) is 7.01. The van der Waals surface area contributed by atoms with E-state index in [0.717, 1.165) is 0 Å². The molecule has 0 spiro atoms. The summed E-state index contributed by atoms with van der Waals surface area (Å²) in [4.78, 5) is 6.35. The van der Waals surface area contributed by atoms with Crippen LogP contribution in [0.1, 0.15) is 6.92 Å². The fourth-order valence-electron chi connectivity index (χ4n) is 1.59. The number of alkyl halides is 1. The molecule has 1 fully saturated rings. The van der Waals surface area contributed by atoms with Crippen LogP contribution in [0.15, 0.2) is 17.6 Å². The van der Waals surface area contributed by atoms with Gasteiger partial charge in [0.15, 0.2) is 0 Å². The monoisotopic (exact) mass is 249 g/mol. The Labute approximate surface area is 93.5 Å². The third-order valence-electron chi connectivity index (χ3n) is 2.54. The molecule has 0 aliphatic carbocycles. The summed E-state index contributed by atoms with van der Waals surface area (Å²) in [5, 5.41) is -0.129. The van der Waals surface area contributed by atoms with E-state index in [1.807, 2.05) is 6.92 Å². The van der Waals surface area contributed by atoms with E-state index >= 15 is 0 Å². The second kappa shape index (κ2) is 3.77. The average molecular weight is 250 g/mol. The third-order valence-corrected chi connectivity index (χ3v) is 4.80. The number of aromatic amines is 1. The fourth-order valence-corrected chi connectivity index (χ4v) is 3.37. The van der Waals surface area contributed by atoms with E-state index in [1.54, 1.807) is 0 Å². The van der Waals surface area contributed by atoms with Gasteiger partial charge in [-0.15, -0.1) is 11.6 Å². The molecule has 2 unspecified atom stereocenters. The molecule has 5 nitrogen and oxygen atoms in total. The minimum Gasteiger partial charge on any atom is -0.334 e. The first-order valence-electron chi connectivity index (χ1n) is 4.65. The van der Waals surface area contributed by atoms with Gasteiger partial charge >= 0.3 is 0 Å². The summed E-state index contributed by atoms with van der Waals surface area (Å²) >= 11 is 5.99. The van der Waals surface area contributed by atoms with Crippen LogP contribution in [0.4, 0.5) is 0 Å². The van der Waals surface area contributed by atoms with Gasteiger partial charge in [-0.1, -0.05) is 6.92 Å². The molecule has 0 aromatic carbocycles. The second-order valence-electron chi connectivity index (χ2n) is 3.71. The molecule has 0 radical (unpaired) electrons. The number of H-pyrrole nitrogens is 1. The minimum absolute atomic E-state index is 0.0135. The van der Waals surface area contributed by atoms with Crippen LogP contribution in [0.3, 0.4) is 0 Å². The van der Waals surface area contributed by atoms with Crippen molar-refractivity contribution in [2.45, 2.75) is 17.5 Å². The molecule has 1 aromatic rings. The maximum atomic E-state index is 12.0. The van der Waals surface area contributed by atoms with Gasteiger partial charge in [0, 0.05) is 25.5 Å². The van der Waals surface area contributed by atoms with Gasteiger partial charge in [0.25, 0.3) is 10.0 Å². The Morgan fingerprint density at radius 1 is 1.60 bits per heavy atom. The van der Waals surface area contributed by atoms with E-state index in [-0.39, 0.29) is 16.5 Å². The number of nitrogens with zero attached hydrogens (tertiary/aromatic N) is 2. The lowest BCUT2D eigenvalue weighted by Crippen LogP contribution is -2.30. The molecule has 15 heavy (non-hydrogen) atoms. The number of aromatic nitrogens is 2. The van der Waals surface area contributed by atoms with Crippen LogP contribution in [0.25, 0.3) is 0 Å². The second-order valence-corrected chi connectivity index (χ2v) is 6.12. The zero-order chi connectivity index (χ0) is 11.1. The van der Waals surface area contributed by atoms with Crippen LogP contribution in [-0.4, -0.2) is 41.2 Å². The molecule has 1 aliphatic rings. The van der Waals surface area contributed by atoms with Gasteiger partial charge in [-0.25, -0.2) is 13.4 Å². The third kappa shape index (κ3) is 1.89. The van der Waals surface area contributed by atoms with Crippen molar-refractivity contribution in [3.63, 3.8) is 0 Å². The lowest BCUT2D eigenvalue weighted by Gasteiger charge is -2.13. The molecule has 1 aliphatic heterocycles. The van der Waals surface area contributed by atoms with Crippen molar-refractivity contribution >= 4 is 21.6 Å². The SMILES string of the molecule is CC1CN(S(=O)(=O)c2ncc[nH]2)CC1Cl. The van der Waals surface area contributed by atoms with Crippen molar-refractivity contribution < 1.29 is 8.42 Å². The molecule has 2 atom stereocenters. The van der Waals surface area contributed by atoms with Crippen molar-refractivity contribution in [3.05, 3.63) is 12.4 Å². The van der Waals surface area contributed by atoms with Crippen molar-refractivity contribution in [2.75, 3.05) is 13.1 Å². The van der Waals surface area contributed by atoms with Crippen LogP contribution >= 0.6 is 11.6 Å². The predicted octanol–water partition coefficient (Wildman–Crippen LogP) is 0.657. The quantitative estimate of drug-likeness (QED) is 0.783. The Kier molecular flexibility index (Phi) is 2.74. The smallest absolute Gasteiger partial charge is 0.276 e. The lowest BCUT2D eigenvalue weighted by atomic mass is 10.2. The van der Waals surface area contributed by atoms with E-state index < -0.39 is 10.0 Å². The highest BCUT2D eigenvalue weighted by atomic mass is 35.5. The highest BCUT2D eigenvalue weighted by molar-refractivity contribution is 7.89. The molecular formula is C8H12ClN3O2S. The molecule has 2 heterocycles. The van der Waals surface area contributed by atoms with E-state index in [4.69, 9.17) is 11.6 Å². The molecule has 0 amide bonds. The predicted molar refractivity (Wildman–Crippen MR) is 56.2 cm³/mol. The Morgan fingerprint density at radius 3 is 2.80 bits per heavy atom. The van der Waals surface area contributed by atoms with Crippen molar-refractivity contribution in [3.8, 4) is 0 Å². The Hall–Kier alpha value is -0.590. The minimum atomic E-state index is -3.48. The summed E-state index contributed by atoms with van der Waals surface area (Å²) in [5.74, 6) is 0.177. The number of hydrogen-bond acceptors (Lipinski definition) is 3. The Morgan fingerprint density at radius 2 is 2.33 bits per heavy atom. The van der Waals surface area contributed by atoms with Crippen LogP contribution in [0.2, 0.25) is 0 Å². The van der Waals surface area contributed by atoms with E-state index in [0.29, 0.717) is 13.1 Å². The zero-order valence-electron chi connectivity index (χ0n) is 8.22. The first-order valence-corrected chi connectivity index (χ1v) is 6.53. The topological polar surface area (TPSA) is 66.1 Å². The normalized spacial score (nSPS) is 28.4. The number of imidazole rings is 1. The van der Waals surface area contributed by atoms with E-state index in [9.17, 15) is 8.42 Å². The summed E-state index contributed by atoms with van der Waals surface area (Å²) < 4.78 is 25.3. The van der Waals surface area contributed by atoms with Gasteiger partial charge in [-0.2, -0.15) is 4.31 Å². The van der Waals surface area contributed by atoms with Crippen molar-refractivity contribution in [1.29, 1.82) is 0 Å². The first kappa shape index (κ1) is 10.9. The van der Waals surface area contributed by atoms with E-state index in [2.05, 4.69) is 9.97 Å². The zero-order valence-corrected chi connectivity index (χ0v) is 9.79. The van der Waals surface area contributed by atoms with Crippen LogP contribution < -0.4 is 0 Å². The largest absolute Gasteiger partial charge is 0.334 e. The molecule has 0 bridgehead atoms. The number of rotatable bonds is 2. The van der Waals surface area contributed by atoms with Gasteiger partial charge in [0.1, 0.15) is 0 Å². The maximum Gasteiger partial charge on any atom is 0.276 e. The molecule has 1 N–H and O–H groups in total. The molecular weight excluding hydrogens is 238 g/mol. The summed E-state index contributed by atoms with van der Waals surface area (Å²) in [6.07, 6.45) is 2.91. The fraction of sp³-hybridized carbons (Fsp3) is 0.625. The lowest BCUT2D eigenvalue weighted by molar-refractivity contribution is 0.459. The van der Waals surface area contributed by atoms with E-state index in [1.165, 1.54) is 16.7 Å². The molecule has 84 valence electrons. The Balaban J connectivity index is 2.25. The molecule has 1 aromatic heterocycles. The van der Waals surface area contributed by atoms with Crippen molar-refractivity contribution in [2.24, 2.45) is 5.92 Å². The molecule has 0 saturated carbocycles. The van der Waals surface area contributed by atoms with Gasteiger partial charge in [-0.05, 0) is 5.92 Å². The van der Waals surface area contributed by atoms with Crippen LogP contribution in [-0.2, 0) is 10.0 Å². The number of nitrogens with one attached hydrogen (secondary N) is 1. The maximum absolute atomic E-state index is 12.0. The van der Waals surface area contributed by atoms with Gasteiger partial charge < -0.3 is 4.98 Å². The van der Waals surface area contributed by atoms with Gasteiger partial charge in [0.05, 0.1) is 5.38 Å². The Bertz CT molecular complexity index is 421. The number of sulfonamides is 1. The standard InChI is InChI=1S/C8H12ClN3O2S/c1-6-4-12(5-7(6)9)15(13,14)8-10-2-3-11-8/h2-3,6-7H,4-5H2,1H3,(H,10,11). The summed E-state index contributed by atoms with van der Waals surface area (Å²) in [5.41, 5.74) is 0. The highest BCUT2D eigenvalue weighted by Crippen LogP contribution is 2.25.